The molecule has 0 saturated heterocycles. The Hall–Kier alpha value is -3.59. The van der Waals surface area contributed by atoms with Crippen LogP contribution in [0.25, 0.3) is 10.9 Å². The number of aromatic carboxylic acids is 1. The first-order valence-corrected chi connectivity index (χ1v) is 8.22. The summed E-state index contributed by atoms with van der Waals surface area (Å²) in [5.74, 6) is -1.59. The molecule has 0 saturated carbocycles. The lowest BCUT2D eigenvalue weighted by Crippen LogP contribution is -2.19. The molecule has 1 amide bonds. The third-order valence-corrected chi connectivity index (χ3v) is 4.12. The summed E-state index contributed by atoms with van der Waals surface area (Å²) in [4.78, 5) is 24.3. The Morgan fingerprint density at radius 3 is 2.65 bits per heavy atom. The van der Waals surface area contributed by atoms with E-state index in [-0.39, 0.29) is 22.7 Å². The number of aromatic nitrogens is 1. The highest BCUT2D eigenvalue weighted by molar-refractivity contribution is 6.09. The van der Waals surface area contributed by atoms with Crippen LogP contribution in [0.3, 0.4) is 0 Å². The van der Waals surface area contributed by atoms with Gasteiger partial charge in [0.1, 0.15) is 5.69 Å². The molecule has 2 aromatic carbocycles. The maximum atomic E-state index is 12.8. The molecular weight excluding hydrogens is 330 g/mol. The molecule has 0 radical (unpaired) electrons. The standard InChI is InChI=1S/C20H17N3O3/c1-2-9-23-17-6-4-3-5-14(17)11-18(23)19(24)22-16-8-7-13(12-21)10-15(16)20(25)26/h3-8,10-11H,2,9H2,1H3,(H,22,24)(H,25,26). The number of nitrogens with one attached hydrogen (secondary N) is 1. The second-order valence-corrected chi connectivity index (χ2v) is 5.87. The van der Waals surface area contributed by atoms with Crippen molar-refractivity contribution >= 4 is 28.5 Å². The summed E-state index contributed by atoms with van der Waals surface area (Å²) in [6.45, 7) is 2.70. The van der Waals surface area contributed by atoms with Gasteiger partial charge in [-0.1, -0.05) is 25.1 Å². The van der Waals surface area contributed by atoms with Crippen LogP contribution < -0.4 is 5.32 Å². The Balaban J connectivity index is 2.01. The van der Waals surface area contributed by atoms with Crippen molar-refractivity contribution in [3.05, 3.63) is 65.4 Å². The van der Waals surface area contributed by atoms with Crippen LogP contribution in [0.1, 0.15) is 39.8 Å². The monoisotopic (exact) mass is 347 g/mol. The van der Waals surface area contributed by atoms with E-state index in [0.717, 1.165) is 17.3 Å². The number of benzene rings is 2. The number of carbonyl (C=O) groups is 2. The molecule has 1 aromatic heterocycles. The number of rotatable bonds is 5. The second-order valence-electron chi connectivity index (χ2n) is 5.87. The molecule has 26 heavy (non-hydrogen) atoms. The highest BCUT2D eigenvalue weighted by Gasteiger charge is 2.18. The summed E-state index contributed by atoms with van der Waals surface area (Å²) in [7, 11) is 0. The number of aryl methyl sites for hydroxylation is 1. The molecule has 6 heteroatoms. The molecule has 0 aliphatic carbocycles. The summed E-state index contributed by atoms with van der Waals surface area (Å²) in [5, 5.41) is 21.9. The van der Waals surface area contributed by atoms with Gasteiger partial charge in [0.25, 0.3) is 5.91 Å². The minimum Gasteiger partial charge on any atom is -0.478 e. The fourth-order valence-corrected chi connectivity index (χ4v) is 2.95. The molecule has 130 valence electrons. The highest BCUT2D eigenvalue weighted by Crippen LogP contribution is 2.23. The number of anilines is 1. The average molecular weight is 347 g/mol. The fourth-order valence-electron chi connectivity index (χ4n) is 2.95. The molecular formula is C20H17N3O3. The van der Waals surface area contributed by atoms with Crippen LogP contribution in [0.5, 0.6) is 0 Å². The van der Waals surface area contributed by atoms with Crippen molar-refractivity contribution in [2.24, 2.45) is 0 Å². The van der Waals surface area contributed by atoms with Gasteiger partial charge in [-0.3, -0.25) is 4.79 Å². The number of hydrogen-bond donors (Lipinski definition) is 2. The number of carbonyl (C=O) groups excluding carboxylic acids is 1. The Bertz CT molecular complexity index is 1040. The van der Waals surface area contributed by atoms with Crippen molar-refractivity contribution in [2.45, 2.75) is 19.9 Å². The molecule has 6 nitrogen and oxygen atoms in total. The van der Waals surface area contributed by atoms with E-state index >= 15 is 0 Å². The Kier molecular flexibility index (Phi) is 4.72. The van der Waals surface area contributed by atoms with Crippen molar-refractivity contribution < 1.29 is 14.7 Å². The van der Waals surface area contributed by atoms with Crippen LogP contribution in [-0.2, 0) is 6.54 Å². The molecule has 0 spiro atoms. The summed E-state index contributed by atoms with van der Waals surface area (Å²) in [6.07, 6.45) is 0.857. The van der Waals surface area contributed by atoms with Gasteiger partial charge >= 0.3 is 5.97 Å². The van der Waals surface area contributed by atoms with Crippen molar-refractivity contribution in [3.8, 4) is 6.07 Å². The number of fused-ring (bicyclic) bond motifs is 1. The van der Waals surface area contributed by atoms with E-state index in [9.17, 15) is 14.7 Å². The third-order valence-electron chi connectivity index (χ3n) is 4.12. The van der Waals surface area contributed by atoms with Crippen LogP contribution in [-0.4, -0.2) is 21.6 Å². The first-order valence-electron chi connectivity index (χ1n) is 8.22. The number of nitriles is 1. The lowest BCUT2D eigenvalue weighted by Gasteiger charge is -2.12. The number of para-hydroxylation sites is 1. The van der Waals surface area contributed by atoms with Gasteiger partial charge in [-0.05, 0) is 36.8 Å². The lowest BCUT2D eigenvalue weighted by atomic mass is 10.1. The highest BCUT2D eigenvalue weighted by atomic mass is 16.4. The van der Waals surface area contributed by atoms with Crippen LogP contribution in [0, 0.1) is 11.3 Å². The molecule has 0 aliphatic heterocycles. The summed E-state index contributed by atoms with van der Waals surface area (Å²) >= 11 is 0. The van der Waals surface area contributed by atoms with Gasteiger partial charge in [0.2, 0.25) is 0 Å². The summed E-state index contributed by atoms with van der Waals surface area (Å²) in [6, 6.07) is 15.6. The molecule has 0 aliphatic rings. The van der Waals surface area contributed by atoms with E-state index in [1.807, 2.05) is 41.8 Å². The molecule has 0 atom stereocenters. The maximum Gasteiger partial charge on any atom is 0.337 e. The van der Waals surface area contributed by atoms with E-state index in [1.165, 1.54) is 18.2 Å². The molecule has 3 rings (SSSR count). The zero-order valence-electron chi connectivity index (χ0n) is 14.2. The molecule has 1 heterocycles. The lowest BCUT2D eigenvalue weighted by molar-refractivity contribution is 0.0698. The van der Waals surface area contributed by atoms with E-state index in [2.05, 4.69) is 5.32 Å². The maximum absolute atomic E-state index is 12.8. The number of carboxylic acids is 1. The van der Waals surface area contributed by atoms with Gasteiger partial charge in [0.15, 0.2) is 0 Å². The van der Waals surface area contributed by atoms with Gasteiger partial charge < -0.3 is 15.0 Å². The van der Waals surface area contributed by atoms with E-state index < -0.39 is 5.97 Å². The van der Waals surface area contributed by atoms with Crippen molar-refractivity contribution in [1.82, 2.24) is 4.57 Å². The Morgan fingerprint density at radius 2 is 1.96 bits per heavy atom. The topological polar surface area (TPSA) is 95.1 Å². The van der Waals surface area contributed by atoms with E-state index in [4.69, 9.17) is 5.26 Å². The first kappa shape index (κ1) is 17.2. The van der Waals surface area contributed by atoms with Crippen molar-refractivity contribution in [2.75, 3.05) is 5.32 Å². The normalized spacial score (nSPS) is 10.5. The quantitative estimate of drug-likeness (QED) is 0.732. The van der Waals surface area contributed by atoms with Gasteiger partial charge in [0, 0.05) is 17.4 Å². The minimum atomic E-state index is -1.20. The number of amides is 1. The largest absolute Gasteiger partial charge is 0.478 e. The van der Waals surface area contributed by atoms with Gasteiger partial charge in [-0.2, -0.15) is 5.26 Å². The number of carboxylic acid groups (broad SMARTS) is 1. The molecule has 0 bridgehead atoms. The van der Waals surface area contributed by atoms with Crippen LogP contribution in [0.15, 0.2) is 48.5 Å². The Morgan fingerprint density at radius 1 is 1.19 bits per heavy atom. The third kappa shape index (κ3) is 3.15. The predicted octanol–water partition coefficient (Wildman–Crippen LogP) is 3.87. The van der Waals surface area contributed by atoms with Crippen LogP contribution in [0.4, 0.5) is 5.69 Å². The summed E-state index contributed by atoms with van der Waals surface area (Å²) < 4.78 is 1.93. The summed E-state index contributed by atoms with van der Waals surface area (Å²) in [5.41, 5.74) is 1.69. The second kappa shape index (κ2) is 7.11. The number of hydrogen-bond acceptors (Lipinski definition) is 3. The number of nitrogens with zero attached hydrogens (tertiary/aromatic N) is 2. The molecule has 2 N–H and O–H groups in total. The minimum absolute atomic E-state index is 0.115. The fraction of sp³-hybridized carbons (Fsp3) is 0.150. The first-order chi connectivity index (χ1) is 12.5. The zero-order valence-corrected chi connectivity index (χ0v) is 14.2. The van der Waals surface area contributed by atoms with Gasteiger partial charge in [-0.25, -0.2) is 4.79 Å². The molecule has 0 fully saturated rings. The van der Waals surface area contributed by atoms with Crippen molar-refractivity contribution in [1.29, 1.82) is 5.26 Å². The predicted molar refractivity (Wildman–Crippen MR) is 98.3 cm³/mol. The van der Waals surface area contributed by atoms with Crippen molar-refractivity contribution in [3.63, 3.8) is 0 Å². The van der Waals surface area contributed by atoms with E-state index in [0.29, 0.717) is 12.2 Å². The molecule has 0 unspecified atom stereocenters. The Labute approximate surface area is 150 Å². The smallest absolute Gasteiger partial charge is 0.337 e. The average Bonchev–Trinajstić information content (AvgIpc) is 3.01. The zero-order chi connectivity index (χ0) is 18.7. The van der Waals surface area contributed by atoms with Gasteiger partial charge in [-0.15, -0.1) is 0 Å². The van der Waals surface area contributed by atoms with E-state index in [1.54, 1.807) is 6.07 Å². The van der Waals surface area contributed by atoms with Crippen LogP contribution >= 0.6 is 0 Å². The molecule has 3 aromatic rings. The van der Waals surface area contributed by atoms with Crippen LogP contribution in [0.2, 0.25) is 0 Å². The van der Waals surface area contributed by atoms with Gasteiger partial charge in [0.05, 0.1) is 22.9 Å². The SMILES string of the molecule is CCCn1c(C(=O)Nc2ccc(C#N)cc2C(=O)O)cc2ccccc21.